The summed E-state index contributed by atoms with van der Waals surface area (Å²) in [5.41, 5.74) is 1.59. The van der Waals surface area contributed by atoms with Crippen molar-refractivity contribution < 1.29 is 0 Å². The first-order valence-corrected chi connectivity index (χ1v) is 8.17. The van der Waals surface area contributed by atoms with Crippen LogP contribution in [0.3, 0.4) is 0 Å². The van der Waals surface area contributed by atoms with Crippen LogP contribution in [0.5, 0.6) is 0 Å². The van der Waals surface area contributed by atoms with Crippen LogP contribution in [0.1, 0.15) is 32.6 Å². The van der Waals surface area contributed by atoms with E-state index in [9.17, 15) is 0 Å². The van der Waals surface area contributed by atoms with E-state index in [0.717, 1.165) is 6.04 Å². The Bertz CT molecular complexity index is 102. The van der Waals surface area contributed by atoms with Gasteiger partial charge in [0.25, 0.3) is 0 Å². The van der Waals surface area contributed by atoms with Crippen LogP contribution in [0.15, 0.2) is 0 Å². The van der Waals surface area contributed by atoms with E-state index in [1.807, 2.05) is 0 Å². The first-order chi connectivity index (χ1) is 5.38. The van der Waals surface area contributed by atoms with E-state index in [2.05, 4.69) is 11.5 Å². The first-order valence-electron chi connectivity index (χ1n) is 5.12. The third-order valence-corrected chi connectivity index (χ3v) is 6.08. The predicted molar refractivity (Wildman–Crippen MR) is 57.9 cm³/mol. The Morgan fingerprint density at radius 3 is 2.55 bits per heavy atom. The van der Waals surface area contributed by atoms with Crippen molar-refractivity contribution in [2.24, 2.45) is 0 Å². The zero-order valence-corrected chi connectivity index (χ0v) is 11.4. The molecule has 0 unspecified atom stereocenters. The van der Waals surface area contributed by atoms with Gasteiger partial charge in [-0.15, -0.1) is 0 Å². The summed E-state index contributed by atoms with van der Waals surface area (Å²) in [7, 11) is 1.63. The molecule has 0 amide bonds. The molecule has 3 heteroatoms. The normalized spacial score (nSPS) is 21.3. The Morgan fingerprint density at radius 1 is 1.45 bits per heavy atom. The summed E-state index contributed by atoms with van der Waals surface area (Å²) in [5, 5.41) is 0. The van der Waals surface area contributed by atoms with E-state index in [1.165, 1.54) is 42.5 Å². The topological polar surface area (TPSA) is 3.24 Å². The molecule has 0 saturated heterocycles. The average molecular weight is 187 g/mol. The minimum Gasteiger partial charge on any atom is -0.327 e. The molecular formula is C8H21NSi2. The molecule has 0 bridgehead atoms. The van der Waals surface area contributed by atoms with Crippen molar-refractivity contribution in [1.29, 1.82) is 0 Å². The van der Waals surface area contributed by atoms with Gasteiger partial charge in [0, 0.05) is 16.3 Å². The molecule has 0 aromatic heterocycles. The molecule has 0 radical (unpaired) electrons. The van der Waals surface area contributed by atoms with Crippen molar-refractivity contribution >= 4 is 19.9 Å². The fourth-order valence-corrected chi connectivity index (χ4v) is 5.50. The van der Waals surface area contributed by atoms with Gasteiger partial charge in [-0.2, -0.15) is 0 Å². The summed E-state index contributed by atoms with van der Waals surface area (Å²) in [5.74, 6) is 0. The van der Waals surface area contributed by atoms with Gasteiger partial charge in [0.05, 0.1) is 9.68 Å². The minimum absolute atomic E-state index is 0.201. The van der Waals surface area contributed by atoms with Crippen molar-refractivity contribution in [2.75, 3.05) is 6.54 Å². The Hall–Kier alpha value is 0.394. The lowest BCUT2D eigenvalue weighted by molar-refractivity contribution is 0.350. The molecule has 0 atom stereocenters. The molecule has 0 heterocycles. The molecule has 11 heavy (non-hydrogen) atoms. The Morgan fingerprint density at radius 2 is 2.09 bits per heavy atom. The van der Waals surface area contributed by atoms with E-state index >= 15 is 0 Å². The zero-order chi connectivity index (χ0) is 8.10. The van der Waals surface area contributed by atoms with Crippen LogP contribution in [0.4, 0.5) is 0 Å². The van der Waals surface area contributed by atoms with Crippen molar-refractivity contribution in [3.63, 3.8) is 0 Å². The molecule has 1 fully saturated rings. The molecule has 1 aliphatic rings. The SMILES string of the molecule is CCN([SiH2]C[SiH3])C1CCCC1. The summed E-state index contributed by atoms with van der Waals surface area (Å²) < 4.78 is 2.82. The van der Waals surface area contributed by atoms with Crippen LogP contribution in [0.25, 0.3) is 0 Å². The third-order valence-electron chi connectivity index (χ3n) is 2.76. The van der Waals surface area contributed by atoms with Gasteiger partial charge in [-0.3, -0.25) is 0 Å². The van der Waals surface area contributed by atoms with Gasteiger partial charge in [0.2, 0.25) is 0 Å². The summed E-state index contributed by atoms with van der Waals surface area (Å²) in [6.07, 6.45) is 6.00. The fourth-order valence-electron chi connectivity index (χ4n) is 2.16. The molecule has 66 valence electrons. The highest BCUT2D eigenvalue weighted by Crippen LogP contribution is 2.22. The average Bonchev–Trinajstić information content (AvgIpc) is 2.52. The molecule has 0 aliphatic heterocycles. The second kappa shape index (κ2) is 5.11. The quantitative estimate of drug-likeness (QED) is 0.563. The maximum Gasteiger partial charge on any atom is 0.0920 e. The van der Waals surface area contributed by atoms with Gasteiger partial charge < -0.3 is 4.57 Å². The Labute approximate surface area is 75.9 Å². The lowest BCUT2D eigenvalue weighted by Crippen LogP contribution is -2.36. The Balaban J connectivity index is 2.27. The van der Waals surface area contributed by atoms with Crippen LogP contribution in [-0.2, 0) is 0 Å². The molecule has 1 saturated carbocycles. The van der Waals surface area contributed by atoms with Crippen molar-refractivity contribution in [3.8, 4) is 0 Å². The molecule has 0 aromatic rings. The van der Waals surface area contributed by atoms with Crippen molar-refractivity contribution in [1.82, 2.24) is 4.57 Å². The van der Waals surface area contributed by atoms with E-state index in [0.29, 0.717) is 0 Å². The lowest BCUT2D eigenvalue weighted by Gasteiger charge is -2.26. The van der Waals surface area contributed by atoms with Gasteiger partial charge in [-0.1, -0.05) is 25.4 Å². The highest BCUT2D eigenvalue weighted by atomic mass is 28.3. The van der Waals surface area contributed by atoms with E-state index < -0.39 is 0 Å². The summed E-state index contributed by atoms with van der Waals surface area (Å²) >= 11 is 0. The molecule has 1 rings (SSSR count). The van der Waals surface area contributed by atoms with Gasteiger partial charge in [0.1, 0.15) is 0 Å². The molecule has 0 aromatic carbocycles. The first kappa shape index (κ1) is 9.48. The molecular weight excluding hydrogens is 166 g/mol. The monoisotopic (exact) mass is 187 g/mol. The second-order valence-corrected chi connectivity index (χ2v) is 8.83. The smallest absolute Gasteiger partial charge is 0.0920 e. The second-order valence-electron chi connectivity index (χ2n) is 3.57. The third kappa shape index (κ3) is 2.72. The summed E-state index contributed by atoms with van der Waals surface area (Å²) in [6.45, 7) is 3.67. The van der Waals surface area contributed by atoms with Gasteiger partial charge >= 0.3 is 0 Å². The molecule has 1 nitrogen and oxygen atoms in total. The van der Waals surface area contributed by atoms with Crippen LogP contribution < -0.4 is 0 Å². The molecule has 0 N–H and O–H groups in total. The standard InChI is InChI=1S/C8H21NSi2/c1-2-9(11-7-10)8-5-3-4-6-8/h8H,2-7,11H2,1,10H3. The van der Waals surface area contributed by atoms with E-state index in [1.54, 1.807) is 5.67 Å². The predicted octanol–water partition coefficient (Wildman–Crippen LogP) is 0.0759. The molecule has 0 spiro atoms. The highest BCUT2D eigenvalue weighted by Gasteiger charge is 2.19. The fraction of sp³-hybridized carbons (Fsp3) is 1.00. The highest BCUT2D eigenvalue weighted by molar-refractivity contribution is 6.44. The van der Waals surface area contributed by atoms with Crippen molar-refractivity contribution in [3.05, 3.63) is 0 Å². The maximum atomic E-state index is 2.82. The van der Waals surface area contributed by atoms with Gasteiger partial charge in [0.15, 0.2) is 0 Å². The minimum atomic E-state index is 0.201. The van der Waals surface area contributed by atoms with Gasteiger partial charge in [-0.05, 0) is 19.4 Å². The number of rotatable bonds is 4. The number of hydrogen-bond acceptors (Lipinski definition) is 1. The van der Waals surface area contributed by atoms with Crippen molar-refractivity contribution in [2.45, 2.75) is 44.3 Å². The lowest BCUT2D eigenvalue weighted by atomic mass is 10.2. The van der Waals surface area contributed by atoms with E-state index in [4.69, 9.17) is 0 Å². The zero-order valence-electron chi connectivity index (χ0n) is 7.97. The largest absolute Gasteiger partial charge is 0.327 e. The number of nitrogens with zero attached hydrogens (tertiary/aromatic N) is 1. The Kier molecular flexibility index (Phi) is 4.41. The summed E-state index contributed by atoms with van der Waals surface area (Å²) in [6, 6.07) is 1.01. The maximum absolute atomic E-state index is 2.82. The van der Waals surface area contributed by atoms with Crippen LogP contribution in [0.2, 0.25) is 5.67 Å². The van der Waals surface area contributed by atoms with Crippen LogP contribution >= 0.6 is 0 Å². The molecule has 1 aliphatic carbocycles. The van der Waals surface area contributed by atoms with Crippen LogP contribution in [0, 0.1) is 0 Å². The van der Waals surface area contributed by atoms with E-state index in [-0.39, 0.29) is 9.68 Å². The van der Waals surface area contributed by atoms with Crippen LogP contribution in [-0.4, -0.2) is 37.1 Å². The van der Waals surface area contributed by atoms with Gasteiger partial charge in [-0.25, -0.2) is 0 Å². The summed E-state index contributed by atoms with van der Waals surface area (Å²) in [4.78, 5) is 0. The number of hydrogen-bond donors (Lipinski definition) is 0.